The van der Waals surface area contributed by atoms with Crippen LogP contribution in [0, 0.1) is 0 Å². The molecule has 0 aromatic heterocycles. The second-order valence-corrected chi connectivity index (χ2v) is 17.1. The lowest BCUT2D eigenvalue weighted by Gasteiger charge is -2.18. The Morgan fingerprint density at radius 2 is 0.694 bits per heavy atom. The molecule has 6 heteroatoms. The molecule has 0 fully saturated rings. The molecule has 1 unspecified atom stereocenters. The minimum Gasteiger partial charge on any atom is -0.462 e. The van der Waals surface area contributed by atoms with E-state index in [1.54, 1.807) is 0 Å². The first-order valence-corrected chi connectivity index (χ1v) is 26.0. The zero-order valence-electron chi connectivity index (χ0n) is 40.6. The van der Waals surface area contributed by atoms with E-state index in [0.717, 1.165) is 109 Å². The van der Waals surface area contributed by atoms with Crippen molar-refractivity contribution in [3.63, 3.8) is 0 Å². The van der Waals surface area contributed by atoms with E-state index in [9.17, 15) is 14.4 Å². The normalized spacial score (nSPS) is 12.6. The molecule has 0 N–H and O–H groups in total. The van der Waals surface area contributed by atoms with Crippen LogP contribution in [-0.2, 0) is 28.6 Å². The third-order valence-electron chi connectivity index (χ3n) is 11.0. The summed E-state index contributed by atoms with van der Waals surface area (Å²) >= 11 is 0. The summed E-state index contributed by atoms with van der Waals surface area (Å²) in [6, 6.07) is 0. The largest absolute Gasteiger partial charge is 0.462 e. The second-order valence-electron chi connectivity index (χ2n) is 17.1. The molecule has 0 bridgehead atoms. The summed E-state index contributed by atoms with van der Waals surface area (Å²) < 4.78 is 16.8. The molecule has 0 aromatic rings. The highest BCUT2D eigenvalue weighted by atomic mass is 16.6. The summed E-state index contributed by atoms with van der Waals surface area (Å²) in [5, 5.41) is 0. The van der Waals surface area contributed by atoms with Crippen molar-refractivity contribution < 1.29 is 28.6 Å². The molecule has 0 heterocycles. The van der Waals surface area contributed by atoms with E-state index >= 15 is 0 Å². The molecule has 356 valence electrons. The zero-order valence-corrected chi connectivity index (χ0v) is 40.6. The second kappa shape index (κ2) is 50.5. The molecule has 6 nitrogen and oxygen atoms in total. The molecule has 0 rings (SSSR count). The van der Waals surface area contributed by atoms with Gasteiger partial charge in [-0.25, -0.2) is 0 Å². The topological polar surface area (TPSA) is 78.9 Å². The fraction of sp³-hybridized carbons (Fsp3) is 0.732. The van der Waals surface area contributed by atoms with Crippen molar-refractivity contribution in [1.29, 1.82) is 0 Å². The number of rotatable bonds is 46. The van der Waals surface area contributed by atoms with Crippen LogP contribution >= 0.6 is 0 Å². The van der Waals surface area contributed by atoms with Crippen molar-refractivity contribution in [2.24, 2.45) is 0 Å². The Kier molecular flexibility index (Phi) is 47.9. The molecule has 0 aliphatic heterocycles. The van der Waals surface area contributed by atoms with E-state index in [0.29, 0.717) is 19.3 Å². The maximum Gasteiger partial charge on any atom is 0.306 e. The first kappa shape index (κ1) is 58.9. The lowest BCUT2D eigenvalue weighted by atomic mass is 10.0. The first-order valence-electron chi connectivity index (χ1n) is 26.0. The van der Waals surface area contributed by atoms with E-state index in [1.807, 2.05) is 0 Å². The number of hydrogen-bond acceptors (Lipinski definition) is 6. The van der Waals surface area contributed by atoms with Crippen LogP contribution in [0.1, 0.15) is 245 Å². The van der Waals surface area contributed by atoms with Crippen LogP contribution in [0.15, 0.2) is 72.9 Å². The average Bonchev–Trinajstić information content (AvgIpc) is 3.27. The van der Waals surface area contributed by atoms with Gasteiger partial charge in [-0.05, 0) is 77.0 Å². The summed E-state index contributed by atoms with van der Waals surface area (Å²) in [6.45, 7) is 6.47. The number of allylic oxidation sites excluding steroid dienone is 12. The predicted octanol–water partition coefficient (Wildman–Crippen LogP) is 17.0. The number of carbonyl (C=O) groups is 3. The molecular weight excluding hydrogens is 769 g/mol. The van der Waals surface area contributed by atoms with Gasteiger partial charge in [-0.1, -0.05) is 222 Å². The van der Waals surface area contributed by atoms with Crippen LogP contribution in [0.4, 0.5) is 0 Å². The molecule has 1 atom stereocenters. The maximum absolute atomic E-state index is 12.8. The Morgan fingerprint density at radius 1 is 0.355 bits per heavy atom. The summed E-state index contributed by atoms with van der Waals surface area (Å²) in [4.78, 5) is 38.0. The molecule has 0 spiro atoms. The Bertz CT molecular complexity index is 1180. The lowest BCUT2D eigenvalue weighted by molar-refractivity contribution is -0.167. The number of unbranched alkanes of at least 4 members (excludes halogenated alkanes) is 25. The molecule has 0 saturated carbocycles. The highest BCUT2D eigenvalue weighted by Crippen LogP contribution is 2.14. The standard InChI is InChI=1S/C56H96O6/c1-4-7-10-13-16-19-22-25-27-28-29-30-32-34-37-40-43-46-49-55(58)61-52-53(51-60-54(57)48-45-42-39-36-33-24-21-18-15-12-9-6-3)62-56(59)50-47-44-41-38-35-31-26-23-20-17-14-11-8-5-2/h8,11,17,20,22,25-31,53H,4-7,9-10,12-16,18-19,21,23-24,32-52H2,1-3H3/b11-8-,20-17-,25-22-,28-27-,30-29-,31-26-. The molecule has 0 aromatic carbocycles. The van der Waals surface area contributed by atoms with E-state index < -0.39 is 6.10 Å². The minimum atomic E-state index is -0.793. The van der Waals surface area contributed by atoms with Crippen LogP contribution in [0.3, 0.4) is 0 Å². The van der Waals surface area contributed by atoms with Gasteiger partial charge in [-0.15, -0.1) is 0 Å². The monoisotopic (exact) mass is 865 g/mol. The van der Waals surface area contributed by atoms with Crippen LogP contribution in [0.25, 0.3) is 0 Å². The van der Waals surface area contributed by atoms with Gasteiger partial charge in [0.05, 0.1) is 0 Å². The van der Waals surface area contributed by atoms with Crippen molar-refractivity contribution in [2.45, 2.75) is 252 Å². The number of hydrogen-bond donors (Lipinski definition) is 0. The molecule has 0 saturated heterocycles. The fourth-order valence-electron chi connectivity index (χ4n) is 7.10. The van der Waals surface area contributed by atoms with Crippen molar-refractivity contribution in [3.05, 3.63) is 72.9 Å². The molecule has 0 aliphatic rings. The Hall–Kier alpha value is -3.15. The predicted molar refractivity (Wildman–Crippen MR) is 265 cm³/mol. The number of carbonyl (C=O) groups excluding carboxylic acids is 3. The molecule has 0 radical (unpaired) electrons. The van der Waals surface area contributed by atoms with Gasteiger partial charge in [0.15, 0.2) is 6.10 Å². The quantitative estimate of drug-likeness (QED) is 0.0199. The van der Waals surface area contributed by atoms with Gasteiger partial charge in [-0.2, -0.15) is 0 Å². The molecule has 0 aliphatic carbocycles. The van der Waals surface area contributed by atoms with Gasteiger partial charge in [-0.3, -0.25) is 14.4 Å². The highest BCUT2D eigenvalue weighted by molar-refractivity contribution is 5.71. The maximum atomic E-state index is 12.8. The average molecular weight is 865 g/mol. The van der Waals surface area contributed by atoms with Gasteiger partial charge < -0.3 is 14.2 Å². The fourth-order valence-corrected chi connectivity index (χ4v) is 7.10. The third-order valence-corrected chi connectivity index (χ3v) is 11.0. The Labute approximate surface area is 382 Å². The SMILES string of the molecule is CC/C=C\C/C=C\C/C=C\CCCCCCC(=O)OC(COC(=O)CCCCCCC\C=C/C=C\C=C/CCCCCCC)COC(=O)CCCCCCCCCCCCCC. The molecule has 0 amide bonds. The lowest BCUT2D eigenvalue weighted by Crippen LogP contribution is -2.30. The van der Waals surface area contributed by atoms with Crippen molar-refractivity contribution >= 4 is 17.9 Å². The molecular formula is C56H96O6. The summed E-state index contributed by atoms with van der Waals surface area (Å²) in [7, 11) is 0. The Balaban J connectivity index is 4.44. The van der Waals surface area contributed by atoms with E-state index in [4.69, 9.17) is 14.2 Å². The van der Waals surface area contributed by atoms with Gasteiger partial charge in [0.2, 0.25) is 0 Å². The van der Waals surface area contributed by atoms with Crippen molar-refractivity contribution in [1.82, 2.24) is 0 Å². The summed E-state index contributed by atoms with van der Waals surface area (Å²) in [5.41, 5.74) is 0. The van der Waals surface area contributed by atoms with Gasteiger partial charge in [0.1, 0.15) is 13.2 Å². The van der Waals surface area contributed by atoms with Gasteiger partial charge in [0.25, 0.3) is 0 Å². The van der Waals surface area contributed by atoms with Crippen molar-refractivity contribution in [2.75, 3.05) is 13.2 Å². The van der Waals surface area contributed by atoms with E-state index in [2.05, 4.69) is 93.7 Å². The van der Waals surface area contributed by atoms with Gasteiger partial charge in [0, 0.05) is 19.3 Å². The van der Waals surface area contributed by atoms with Crippen LogP contribution in [0.5, 0.6) is 0 Å². The van der Waals surface area contributed by atoms with Crippen molar-refractivity contribution in [3.8, 4) is 0 Å². The van der Waals surface area contributed by atoms with Crippen LogP contribution in [-0.4, -0.2) is 37.2 Å². The number of esters is 3. The number of ether oxygens (including phenoxy) is 3. The van der Waals surface area contributed by atoms with E-state index in [1.165, 1.54) is 96.3 Å². The molecule has 62 heavy (non-hydrogen) atoms. The highest BCUT2D eigenvalue weighted by Gasteiger charge is 2.19. The first-order chi connectivity index (χ1) is 30.5. The third kappa shape index (κ3) is 47.9. The van der Waals surface area contributed by atoms with E-state index in [-0.39, 0.29) is 31.1 Å². The van der Waals surface area contributed by atoms with Crippen LogP contribution in [0.2, 0.25) is 0 Å². The summed E-state index contributed by atoms with van der Waals surface area (Å²) in [6.07, 6.45) is 63.1. The van der Waals surface area contributed by atoms with Gasteiger partial charge >= 0.3 is 17.9 Å². The minimum absolute atomic E-state index is 0.0901. The zero-order chi connectivity index (χ0) is 45.1. The smallest absolute Gasteiger partial charge is 0.306 e. The van der Waals surface area contributed by atoms with Crippen LogP contribution < -0.4 is 0 Å². The Morgan fingerprint density at radius 3 is 1.11 bits per heavy atom. The summed E-state index contributed by atoms with van der Waals surface area (Å²) in [5.74, 6) is -0.931.